The first-order valence-corrected chi connectivity index (χ1v) is 5.24. The third-order valence-electron chi connectivity index (χ3n) is 3.66. The Bertz CT molecular complexity index is 225. The largest absolute Gasteiger partial charge is 0.381 e. The zero-order chi connectivity index (χ0) is 8.84. The minimum atomic E-state index is 0.340. The number of hydrogen-bond acceptors (Lipinski definition) is 2. The average Bonchev–Trinajstić information content (AvgIpc) is 2.68. The van der Waals surface area contributed by atoms with E-state index in [0.29, 0.717) is 23.7 Å². The molecule has 3 heteroatoms. The van der Waals surface area contributed by atoms with E-state index in [2.05, 4.69) is 0 Å². The normalized spacial score (nSPS) is 42.2. The van der Waals surface area contributed by atoms with E-state index in [1.54, 1.807) is 0 Å². The van der Waals surface area contributed by atoms with Crippen molar-refractivity contribution in [1.29, 1.82) is 0 Å². The first kappa shape index (κ1) is 7.80. The van der Waals surface area contributed by atoms with Crippen LogP contribution in [0.1, 0.15) is 12.8 Å². The molecule has 0 radical (unpaired) electrons. The zero-order valence-electron chi connectivity index (χ0n) is 7.74. The lowest BCUT2D eigenvalue weighted by Crippen LogP contribution is -2.31. The maximum atomic E-state index is 11.9. The summed E-state index contributed by atoms with van der Waals surface area (Å²) in [5.74, 6) is 1.91. The molecule has 1 saturated carbocycles. The molecule has 1 amide bonds. The van der Waals surface area contributed by atoms with E-state index in [1.807, 2.05) is 4.90 Å². The summed E-state index contributed by atoms with van der Waals surface area (Å²) in [5, 5.41) is 0. The van der Waals surface area contributed by atoms with Gasteiger partial charge in [0.15, 0.2) is 0 Å². The van der Waals surface area contributed by atoms with Gasteiger partial charge in [0.2, 0.25) is 5.91 Å². The molecule has 0 spiro atoms. The number of ether oxygens (including phenoxy) is 1. The average molecular weight is 181 g/mol. The number of carbonyl (C=O) groups is 1. The SMILES string of the molecule is O=C(C1[C@H]2COC[C@@H]12)N1CCCC1. The highest BCUT2D eigenvalue weighted by molar-refractivity contribution is 5.82. The standard InChI is InChI=1S/C10H15NO2/c12-10(11-3-1-2-4-11)9-7-5-13-6-8(7)9/h7-9H,1-6H2/t7-,8+,9?. The molecule has 3 aliphatic rings. The van der Waals surface area contributed by atoms with Crippen LogP contribution < -0.4 is 0 Å². The molecule has 72 valence electrons. The van der Waals surface area contributed by atoms with Gasteiger partial charge in [-0.2, -0.15) is 0 Å². The number of carbonyl (C=O) groups excluding carboxylic acids is 1. The molecule has 1 unspecified atom stereocenters. The Morgan fingerprint density at radius 3 is 2.38 bits per heavy atom. The first-order valence-electron chi connectivity index (χ1n) is 5.24. The van der Waals surface area contributed by atoms with E-state index in [4.69, 9.17) is 4.74 Å². The van der Waals surface area contributed by atoms with E-state index >= 15 is 0 Å². The van der Waals surface area contributed by atoms with E-state index in [1.165, 1.54) is 12.8 Å². The number of hydrogen-bond donors (Lipinski definition) is 0. The Labute approximate surface area is 78.0 Å². The minimum Gasteiger partial charge on any atom is -0.381 e. The van der Waals surface area contributed by atoms with Crippen molar-refractivity contribution in [2.75, 3.05) is 26.3 Å². The molecule has 3 atom stereocenters. The van der Waals surface area contributed by atoms with Gasteiger partial charge >= 0.3 is 0 Å². The second-order valence-electron chi connectivity index (χ2n) is 4.42. The third-order valence-corrected chi connectivity index (χ3v) is 3.66. The molecule has 2 heterocycles. The molecule has 0 bridgehead atoms. The third kappa shape index (κ3) is 1.10. The van der Waals surface area contributed by atoms with Crippen LogP contribution in [0.25, 0.3) is 0 Å². The van der Waals surface area contributed by atoms with Crippen LogP contribution in [-0.4, -0.2) is 37.1 Å². The highest BCUT2D eigenvalue weighted by Gasteiger charge is 2.58. The molecular formula is C10H15NO2. The highest BCUT2D eigenvalue weighted by atomic mass is 16.5. The van der Waals surface area contributed by atoms with Crippen LogP contribution in [-0.2, 0) is 9.53 Å². The minimum absolute atomic E-state index is 0.340. The molecule has 0 N–H and O–H groups in total. The number of rotatable bonds is 1. The fourth-order valence-corrected chi connectivity index (χ4v) is 2.75. The van der Waals surface area contributed by atoms with Crippen molar-refractivity contribution < 1.29 is 9.53 Å². The lowest BCUT2D eigenvalue weighted by atomic mass is 10.2. The van der Waals surface area contributed by atoms with Gasteiger partial charge in [-0.1, -0.05) is 0 Å². The molecule has 0 aromatic heterocycles. The van der Waals surface area contributed by atoms with Crippen molar-refractivity contribution in [1.82, 2.24) is 4.90 Å². The van der Waals surface area contributed by atoms with Crippen LogP contribution in [0.4, 0.5) is 0 Å². The molecule has 0 aromatic carbocycles. The molecule has 1 aliphatic carbocycles. The summed E-state index contributed by atoms with van der Waals surface area (Å²) in [5.41, 5.74) is 0. The van der Waals surface area contributed by atoms with Gasteiger partial charge in [0.1, 0.15) is 0 Å². The van der Waals surface area contributed by atoms with Gasteiger partial charge in [0.05, 0.1) is 13.2 Å². The van der Waals surface area contributed by atoms with Crippen molar-refractivity contribution in [3.63, 3.8) is 0 Å². The Hall–Kier alpha value is -0.570. The van der Waals surface area contributed by atoms with Crippen molar-refractivity contribution >= 4 is 5.91 Å². The molecule has 0 aromatic rings. The number of likely N-dealkylation sites (tertiary alicyclic amines) is 1. The van der Waals surface area contributed by atoms with Crippen molar-refractivity contribution in [3.05, 3.63) is 0 Å². The van der Waals surface area contributed by atoms with Crippen LogP contribution in [0, 0.1) is 17.8 Å². The van der Waals surface area contributed by atoms with Crippen LogP contribution in [0.15, 0.2) is 0 Å². The lowest BCUT2D eigenvalue weighted by molar-refractivity contribution is -0.132. The summed E-state index contributed by atoms with van der Waals surface area (Å²) in [6.45, 7) is 3.65. The summed E-state index contributed by atoms with van der Waals surface area (Å²) in [6, 6.07) is 0. The molecule has 3 nitrogen and oxygen atoms in total. The van der Waals surface area contributed by atoms with E-state index in [-0.39, 0.29) is 0 Å². The van der Waals surface area contributed by atoms with Crippen molar-refractivity contribution in [2.24, 2.45) is 17.8 Å². The van der Waals surface area contributed by atoms with Gasteiger partial charge < -0.3 is 9.64 Å². The number of fused-ring (bicyclic) bond motifs is 1. The summed E-state index contributed by atoms with van der Waals surface area (Å²) in [6.07, 6.45) is 2.40. The fourth-order valence-electron chi connectivity index (χ4n) is 2.75. The zero-order valence-corrected chi connectivity index (χ0v) is 7.74. The van der Waals surface area contributed by atoms with Crippen LogP contribution in [0.5, 0.6) is 0 Å². The first-order chi connectivity index (χ1) is 6.38. The molecular weight excluding hydrogens is 166 g/mol. The molecule has 2 saturated heterocycles. The van der Waals surface area contributed by atoms with E-state index in [9.17, 15) is 4.79 Å². The fraction of sp³-hybridized carbons (Fsp3) is 0.900. The molecule has 3 fully saturated rings. The summed E-state index contributed by atoms with van der Waals surface area (Å²) in [4.78, 5) is 13.9. The lowest BCUT2D eigenvalue weighted by Gasteiger charge is -2.16. The maximum absolute atomic E-state index is 11.9. The Morgan fingerprint density at radius 2 is 1.77 bits per heavy atom. The van der Waals surface area contributed by atoms with Crippen LogP contribution in [0.2, 0.25) is 0 Å². The summed E-state index contributed by atoms with van der Waals surface area (Å²) < 4.78 is 5.28. The van der Waals surface area contributed by atoms with Gasteiger partial charge in [-0.15, -0.1) is 0 Å². The summed E-state index contributed by atoms with van der Waals surface area (Å²) >= 11 is 0. The van der Waals surface area contributed by atoms with Gasteiger partial charge in [0, 0.05) is 19.0 Å². The maximum Gasteiger partial charge on any atom is 0.226 e. The van der Waals surface area contributed by atoms with Gasteiger partial charge in [-0.25, -0.2) is 0 Å². The molecule has 3 rings (SSSR count). The predicted octanol–water partition coefficient (Wildman–Crippen LogP) is 0.501. The second kappa shape index (κ2) is 2.71. The predicted molar refractivity (Wildman–Crippen MR) is 47.1 cm³/mol. The van der Waals surface area contributed by atoms with Crippen molar-refractivity contribution in [2.45, 2.75) is 12.8 Å². The smallest absolute Gasteiger partial charge is 0.226 e. The van der Waals surface area contributed by atoms with Gasteiger partial charge in [0.25, 0.3) is 0 Å². The van der Waals surface area contributed by atoms with Gasteiger partial charge in [-0.05, 0) is 24.7 Å². The van der Waals surface area contributed by atoms with Gasteiger partial charge in [-0.3, -0.25) is 4.79 Å². The second-order valence-corrected chi connectivity index (χ2v) is 4.42. The topological polar surface area (TPSA) is 29.5 Å². The summed E-state index contributed by atoms with van der Waals surface area (Å²) in [7, 11) is 0. The van der Waals surface area contributed by atoms with E-state index in [0.717, 1.165) is 26.3 Å². The number of nitrogens with zero attached hydrogens (tertiary/aromatic N) is 1. The van der Waals surface area contributed by atoms with Crippen LogP contribution >= 0.6 is 0 Å². The Morgan fingerprint density at radius 1 is 1.15 bits per heavy atom. The van der Waals surface area contributed by atoms with Crippen molar-refractivity contribution in [3.8, 4) is 0 Å². The molecule has 2 aliphatic heterocycles. The Kier molecular flexibility index (Phi) is 1.62. The monoisotopic (exact) mass is 181 g/mol. The number of amides is 1. The van der Waals surface area contributed by atoms with Crippen LogP contribution in [0.3, 0.4) is 0 Å². The molecule has 13 heavy (non-hydrogen) atoms. The Balaban J connectivity index is 1.63. The van der Waals surface area contributed by atoms with E-state index < -0.39 is 0 Å². The quantitative estimate of drug-likeness (QED) is 0.589. The highest BCUT2D eigenvalue weighted by Crippen LogP contribution is 2.51.